The summed E-state index contributed by atoms with van der Waals surface area (Å²) in [7, 11) is 0. The van der Waals surface area contributed by atoms with Crippen LogP contribution in [0.15, 0.2) is 0 Å². The highest BCUT2D eigenvalue weighted by Gasteiger charge is 2.28. The number of rotatable bonds is 2. The summed E-state index contributed by atoms with van der Waals surface area (Å²) < 4.78 is 0. The van der Waals surface area contributed by atoms with E-state index in [1.807, 2.05) is 0 Å². The van der Waals surface area contributed by atoms with E-state index in [1.54, 1.807) is 0 Å². The van der Waals surface area contributed by atoms with Crippen molar-refractivity contribution in [3.05, 3.63) is 31.5 Å². The van der Waals surface area contributed by atoms with Crippen LogP contribution in [0.4, 0.5) is 17.2 Å². The lowest BCUT2D eigenvalue weighted by Crippen LogP contribution is -2.06. The second-order valence-electron chi connectivity index (χ2n) is 2.92. The second kappa shape index (κ2) is 3.48. The van der Waals surface area contributed by atoms with Crippen LogP contribution < -0.4 is 5.73 Å². The molecule has 0 fully saturated rings. The Kier molecular flexibility index (Phi) is 2.51. The van der Waals surface area contributed by atoms with Gasteiger partial charge in [0.2, 0.25) is 5.82 Å². The summed E-state index contributed by atoms with van der Waals surface area (Å²) in [5.41, 5.74) is 4.44. The van der Waals surface area contributed by atoms with Crippen LogP contribution in [0.2, 0.25) is 0 Å². The number of hydrogen-bond acceptors (Lipinski definition) is 6. The predicted molar refractivity (Wildman–Crippen MR) is 51.4 cm³/mol. The first-order chi connectivity index (χ1) is 6.86. The van der Waals surface area contributed by atoms with Gasteiger partial charge in [-0.2, -0.15) is 0 Å². The van der Waals surface area contributed by atoms with E-state index in [1.165, 1.54) is 13.8 Å². The Bertz CT molecular complexity index is 419. The van der Waals surface area contributed by atoms with Gasteiger partial charge in [0, 0.05) is 0 Å². The molecule has 0 aliphatic carbocycles. The van der Waals surface area contributed by atoms with Gasteiger partial charge in [0.05, 0.1) is 9.85 Å². The minimum absolute atomic E-state index is 0.0700. The molecule has 0 bridgehead atoms. The van der Waals surface area contributed by atoms with Gasteiger partial charge in [-0.15, -0.1) is 0 Å². The summed E-state index contributed by atoms with van der Waals surface area (Å²) in [4.78, 5) is 23.3. The zero-order valence-corrected chi connectivity index (χ0v) is 8.05. The van der Waals surface area contributed by atoms with Gasteiger partial charge < -0.3 is 5.73 Å². The molecule has 0 radical (unpaired) electrons. The van der Waals surface area contributed by atoms with E-state index < -0.39 is 15.5 Å². The number of pyridine rings is 1. The zero-order chi connectivity index (χ0) is 11.7. The summed E-state index contributed by atoms with van der Waals surface area (Å²) >= 11 is 0. The molecule has 0 spiro atoms. The molecule has 1 aromatic rings. The predicted octanol–water partition coefficient (Wildman–Crippen LogP) is 1.10. The number of aromatic nitrogens is 1. The summed E-state index contributed by atoms with van der Waals surface area (Å²) in [6, 6.07) is 0. The van der Waals surface area contributed by atoms with Crippen molar-refractivity contribution in [3.8, 4) is 0 Å². The monoisotopic (exact) mass is 212 g/mol. The summed E-state index contributed by atoms with van der Waals surface area (Å²) in [6.45, 7) is 2.66. The Morgan fingerprint density at radius 1 is 1.13 bits per heavy atom. The largest absolute Gasteiger partial charge is 0.378 e. The third-order valence-electron chi connectivity index (χ3n) is 1.95. The molecule has 8 nitrogen and oxygen atoms in total. The molecule has 0 saturated heterocycles. The highest BCUT2D eigenvalue weighted by molar-refractivity contribution is 5.65. The molecule has 0 aliphatic heterocycles. The van der Waals surface area contributed by atoms with Gasteiger partial charge in [-0.25, -0.2) is 4.98 Å². The molecule has 1 aromatic heterocycles. The molecule has 0 unspecified atom stereocenters. The normalized spacial score (nSPS) is 10.0. The van der Waals surface area contributed by atoms with Gasteiger partial charge in [-0.05, 0) is 13.8 Å². The number of nitrogen functional groups attached to an aromatic ring is 1. The fourth-order valence-corrected chi connectivity index (χ4v) is 1.36. The van der Waals surface area contributed by atoms with Crippen LogP contribution in [0, 0.1) is 34.1 Å². The van der Waals surface area contributed by atoms with Crippen molar-refractivity contribution in [2.45, 2.75) is 13.8 Å². The standard InChI is InChI=1S/C7H8N4O4/c1-3-5(10(12)13)4(2)9-7(8)6(3)11(14)15/h1-2H3,(H2,8,9). The molecule has 0 aromatic carbocycles. The van der Waals surface area contributed by atoms with Gasteiger partial charge in [0.15, 0.2) is 0 Å². The Labute approximate surface area is 84.0 Å². The molecule has 80 valence electrons. The Balaban J connectivity index is 3.64. The van der Waals surface area contributed by atoms with Crippen LogP contribution in [-0.2, 0) is 0 Å². The third-order valence-corrected chi connectivity index (χ3v) is 1.95. The van der Waals surface area contributed by atoms with E-state index in [2.05, 4.69) is 4.98 Å². The van der Waals surface area contributed by atoms with Crippen molar-refractivity contribution in [3.63, 3.8) is 0 Å². The minimum atomic E-state index is -0.774. The quantitative estimate of drug-likeness (QED) is 0.577. The van der Waals surface area contributed by atoms with Crippen molar-refractivity contribution >= 4 is 17.2 Å². The first kappa shape index (κ1) is 10.8. The maximum absolute atomic E-state index is 10.6. The van der Waals surface area contributed by atoms with Crippen molar-refractivity contribution in [2.24, 2.45) is 0 Å². The van der Waals surface area contributed by atoms with Gasteiger partial charge in [-0.1, -0.05) is 0 Å². The molecule has 1 heterocycles. The van der Waals surface area contributed by atoms with Crippen LogP contribution in [-0.4, -0.2) is 14.8 Å². The van der Waals surface area contributed by atoms with Crippen molar-refractivity contribution < 1.29 is 9.85 Å². The summed E-state index contributed by atoms with van der Waals surface area (Å²) in [5.74, 6) is -0.305. The van der Waals surface area contributed by atoms with Crippen molar-refractivity contribution in [1.29, 1.82) is 0 Å². The molecular formula is C7H8N4O4. The van der Waals surface area contributed by atoms with Gasteiger partial charge in [0.25, 0.3) is 5.69 Å². The average Bonchev–Trinajstić information content (AvgIpc) is 1.99. The third kappa shape index (κ3) is 1.68. The molecule has 0 saturated carbocycles. The number of nitro groups is 2. The molecule has 15 heavy (non-hydrogen) atoms. The molecule has 8 heteroatoms. The van der Waals surface area contributed by atoms with Gasteiger partial charge >= 0.3 is 5.69 Å². The maximum Gasteiger partial charge on any atom is 0.320 e. The highest BCUT2D eigenvalue weighted by atomic mass is 16.6. The highest BCUT2D eigenvalue weighted by Crippen LogP contribution is 2.33. The van der Waals surface area contributed by atoms with Crippen LogP contribution in [0.25, 0.3) is 0 Å². The maximum atomic E-state index is 10.6. The van der Waals surface area contributed by atoms with Crippen LogP contribution in [0.3, 0.4) is 0 Å². The molecule has 2 N–H and O–H groups in total. The van der Waals surface area contributed by atoms with Gasteiger partial charge in [-0.3, -0.25) is 20.2 Å². The van der Waals surface area contributed by atoms with Crippen molar-refractivity contribution in [1.82, 2.24) is 4.98 Å². The van der Waals surface area contributed by atoms with E-state index in [4.69, 9.17) is 5.73 Å². The van der Waals surface area contributed by atoms with E-state index in [0.717, 1.165) is 0 Å². The Morgan fingerprint density at radius 2 is 1.60 bits per heavy atom. The Morgan fingerprint density at radius 3 is 2.00 bits per heavy atom. The van der Waals surface area contributed by atoms with E-state index in [-0.39, 0.29) is 22.8 Å². The van der Waals surface area contributed by atoms with E-state index in [9.17, 15) is 20.2 Å². The smallest absolute Gasteiger partial charge is 0.320 e. The number of hydrogen-bond donors (Lipinski definition) is 1. The lowest BCUT2D eigenvalue weighted by molar-refractivity contribution is -0.395. The van der Waals surface area contributed by atoms with Crippen LogP contribution >= 0.6 is 0 Å². The van der Waals surface area contributed by atoms with Crippen LogP contribution in [0.1, 0.15) is 11.3 Å². The van der Waals surface area contributed by atoms with E-state index in [0.29, 0.717) is 0 Å². The molecule has 0 amide bonds. The van der Waals surface area contributed by atoms with Crippen molar-refractivity contribution in [2.75, 3.05) is 5.73 Å². The summed E-state index contributed by atoms with van der Waals surface area (Å²) in [6.07, 6.45) is 0. The SMILES string of the molecule is Cc1nc(N)c([N+](=O)[O-])c(C)c1[N+](=O)[O-]. The number of nitrogens with two attached hydrogens (primary N) is 1. The molecular weight excluding hydrogens is 204 g/mol. The molecule has 0 aliphatic rings. The number of anilines is 1. The fourth-order valence-electron chi connectivity index (χ4n) is 1.36. The first-order valence-corrected chi connectivity index (χ1v) is 3.91. The van der Waals surface area contributed by atoms with E-state index >= 15 is 0 Å². The fraction of sp³-hybridized carbons (Fsp3) is 0.286. The second-order valence-corrected chi connectivity index (χ2v) is 2.92. The molecule has 1 rings (SSSR count). The topological polar surface area (TPSA) is 125 Å². The minimum Gasteiger partial charge on any atom is -0.378 e. The first-order valence-electron chi connectivity index (χ1n) is 3.91. The average molecular weight is 212 g/mol. The Hall–Kier alpha value is -2.25. The zero-order valence-electron chi connectivity index (χ0n) is 8.05. The summed E-state index contributed by atoms with van der Waals surface area (Å²) in [5, 5.41) is 21.2. The lowest BCUT2D eigenvalue weighted by Gasteiger charge is -2.03. The molecule has 0 atom stereocenters. The number of aryl methyl sites for hydroxylation is 1. The number of nitrogens with zero attached hydrogens (tertiary/aromatic N) is 3. The lowest BCUT2D eigenvalue weighted by atomic mass is 10.1. The van der Waals surface area contributed by atoms with Crippen LogP contribution in [0.5, 0.6) is 0 Å². The van der Waals surface area contributed by atoms with Gasteiger partial charge in [0.1, 0.15) is 11.3 Å².